The maximum Gasteiger partial charge on any atom is 0.108 e. The predicted octanol–water partition coefficient (Wildman–Crippen LogP) is 3.16. The molecular formula is C15H29N3. The van der Waals surface area contributed by atoms with Crippen LogP contribution in [0.3, 0.4) is 0 Å². The number of hydrogen-bond acceptors (Lipinski definition) is 2. The Morgan fingerprint density at radius 3 is 2.72 bits per heavy atom. The Morgan fingerprint density at radius 1 is 1.44 bits per heavy atom. The van der Waals surface area contributed by atoms with Gasteiger partial charge in [0.05, 0.1) is 0 Å². The zero-order chi connectivity index (χ0) is 13.6. The maximum absolute atomic E-state index is 4.39. The Balaban J connectivity index is 2.37. The number of rotatable bonds is 8. The van der Waals surface area contributed by atoms with Crippen molar-refractivity contribution >= 4 is 0 Å². The van der Waals surface area contributed by atoms with E-state index in [4.69, 9.17) is 0 Å². The lowest BCUT2D eigenvalue weighted by Gasteiger charge is -2.28. The van der Waals surface area contributed by atoms with E-state index in [0.717, 1.165) is 13.0 Å². The number of aromatic nitrogens is 2. The van der Waals surface area contributed by atoms with Crippen LogP contribution >= 0.6 is 0 Å². The summed E-state index contributed by atoms with van der Waals surface area (Å²) >= 11 is 0. The van der Waals surface area contributed by atoms with Crippen molar-refractivity contribution in [3.63, 3.8) is 0 Å². The van der Waals surface area contributed by atoms with Crippen LogP contribution in [-0.2, 0) is 13.5 Å². The lowest BCUT2D eigenvalue weighted by atomic mass is 9.81. The van der Waals surface area contributed by atoms with Gasteiger partial charge in [-0.1, -0.05) is 20.8 Å². The Kier molecular flexibility index (Phi) is 5.86. The third-order valence-electron chi connectivity index (χ3n) is 3.55. The molecule has 0 saturated heterocycles. The Hall–Kier alpha value is -0.830. The van der Waals surface area contributed by atoms with E-state index in [2.05, 4.69) is 49.6 Å². The van der Waals surface area contributed by atoms with Crippen LogP contribution in [0.15, 0.2) is 12.4 Å². The van der Waals surface area contributed by atoms with Gasteiger partial charge in [-0.15, -0.1) is 0 Å². The van der Waals surface area contributed by atoms with E-state index in [1.54, 1.807) is 0 Å². The van der Waals surface area contributed by atoms with Gasteiger partial charge in [-0.05, 0) is 38.1 Å². The highest BCUT2D eigenvalue weighted by Gasteiger charge is 2.21. The van der Waals surface area contributed by atoms with Gasteiger partial charge in [0, 0.05) is 31.9 Å². The van der Waals surface area contributed by atoms with Gasteiger partial charge in [-0.25, -0.2) is 4.98 Å². The minimum Gasteiger partial charge on any atom is -0.338 e. The molecule has 1 rings (SSSR count). The minimum atomic E-state index is 0.367. The van der Waals surface area contributed by atoms with E-state index < -0.39 is 0 Å². The molecule has 0 aromatic carbocycles. The molecule has 1 atom stereocenters. The summed E-state index contributed by atoms with van der Waals surface area (Å²) in [5, 5.41) is 3.57. The third-order valence-corrected chi connectivity index (χ3v) is 3.55. The van der Waals surface area contributed by atoms with E-state index >= 15 is 0 Å². The Morgan fingerprint density at radius 2 is 2.17 bits per heavy atom. The second kappa shape index (κ2) is 6.93. The van der Waals surface area contributed by atoms with Crippen LogP contribution < -0.4 is 5.32 Å². The number of nitrogens with one attached hydrogen (secondary N) is 1. The largest absolute Gasteiger partial charge is 0.338 e. The van der Waals surface area contributed by atoms with Crippen molar-refractivity contribution in [2.45, 2.75) is 59.4 Å². The summed E-state index contributed by atoms with van der Waals surface area (Å²) in [7, 11) is 2.07. The van der Waals surface area contributed by atoms with Crippen molar-refractivity contribution in [3.05, 3.63) is 18.2 Å². The molecule has 1 N–H and O–H groups in total. The molecule has 104 valence electrons. The van der Waals surface area contributed by atoms with Crippen LogP contribution in [0.4, 0.5) is 0 Å². The zero-order valence-corrected chi connectivity index (χ0v) is 12.7. The average molecular weight is 251 g/mol. The van der Waals surface area contributed by atoms with E-state index in [1.807, 2.05) is 12.4 Å². The number of imidazole rings is 1. The molecule has 3 nitrogen and oxygen atoms in total. The molecule has 0 aliphatic heterocycles. The summed E-state index contributed by atoms with van der Waals surface area (Å²) in [5.41, 5.74) is 0.367. The Labute approximate surface area is 112 Å². The molecule has 1 unspecified atom stereocenters. The van der Waals surface area contributed by atoms with Crippen molar-refractivity contribution in [2.75, 3.05) is 6.54 Å². The van der Waals surface area contributed by atoms with E-state index in [1.165, 1.54) is 25.1 Å². The summed E-state index contributed by atoms with van der Waals surface area (Å²) in [6, 6.07) is 0.598. The van der Waals surface area contributed by atoms with Gasteiger partial charge < -0.3 is 9.88 Å². The Bertz CT molecular complexity index is 341. The standard InChI is InChI=1S/C15H29N3/c1-6-9-16-13(2)12-15(3,4)8-7-14-17-10-11-18(14)5/h10-11,13,16H,6-9,12H2,1-5H3. The lowest BCUT2D eigenvalue weighted by Crippen LogP contribution is -2.32. The quantitative estimate of drug-likeness (QED) is 0.769. The van der Waals surface area contributed by atoms with Crippen molar-refractivity contribution in [1.82, 2.24) is 14.9 Å². The van der Waals surface area contributed by atoms with Crippen LogP contribution in [0.25, 0.3) is 0 Å². The first-order chi connectivity index (χ1) is 8.44. The van der Waals surface area contributed by atoms with Gasteiger partial charge in [0.2, 0.25) is 0 Å². The van der Waals surface area contributed by atoms with Gasteiger partial charge in [0.15, 0.2) is 0 Å². The van der Waals surface area contributed by atoms with Gasteiger partial charge in [-0.2, -0.15) is 0 Å². The van der Waals surface area contributed by atoms with E-state index in [0.29, 0.717) is 11.5 Å². The highest BCUT2D eigenvalue weighted by atomic mass is 15.0. The maximum atomic E-state index is 4.39. The predicted molar refractivity (Wildman–Crippen MR) is 77.7 cm³/mol. The van der Waals surface area contributed by atoms with E-state index in [9.17, 15) is 0 Å². The molecule has 1 aromatic rings. The van der Waals surface area contributed by atoms with Crippen molar-refractivity contribution < 1.29 is 0 Å². The monoisotopic (exact) mass is 251 g/mol. The number of hydrogen-bond donors (Lipinski definition) is 1. The fraction of sp³-hybridized carbons (Fsp3) is 0.800. The summed E-state index contributed by atoms with van der Waals surface area (Å²) < 4.78 is 2.12. The van der Waals surface area contributed by atoms with Crippen molar-refractivity contribution in [2.24, 2.45) is 12.5 Å². The summed E-state index contributed by atoms with van der Waals surface area (Å²) in [6.45, 7) is 10.3. The fourth-order valence-electron chi connectivity index (χ4n) is 2.48. The van der Waals surface area contributed by atoms with Gasteiger partial charge in [0.25, 0.3) is 0 Å². The molecule has 0 radical (unpaired) electrons. The topological polar surface area (TPSA) is 29.9 Å². The molecule has 18 heavy (non-hydrogen) atoms. The number of aryl methyl sites for hydroxylation is 2. The molecule has 1 heterocycles. The second-order valence-corrected chi connectivity index (χ2v) is 6.18. The molecule has 0 spiro atoms. The van der Waals surface area contributed by atoms with Crippen LogP contribution in [0, 0.1) is 5.41 Å². The molecule has 0 bridgehead atoms. The highest BCUT2D eigenvalue weighted by Crippen LogP contribution is 2.28. The smallest absolute Gasteiger partial charge is 0.108 e. The number of nitrogens with zero attached hydrogens (tertiary/aromatic N) is 2. The van der Waals surface area contributed by atoms with Gasteiger partial charge in [0.1, 0.15) is 5.82 Å². The molecule has 3 heteroatoms. The fourth-order valence-corrected chi connectivity index (χ4v) is 2.48. The first-order valence-electron chi connectivity index (χ1n) is 7.14. The minimum absolute atomic E-state index is 0.367. The van der Waals surface area contributed by atoms with Crippen molar-refractivity contribution in [3.8, 4) is 0 Å². The third kappa shape index (κ3) is 5.21. The van der Waals surface area contributed by atoms with Crippen LogP contribution in [0.1, 0.15) is 52.8 Å². The van der Waals surface area contributed by atoms with Gasteiger partial charge in [-0.3, -0.25) is 0 Å². The molecule has 0 saturated carbocycles. The molecule has 0 aliphatic carbocycles. The van der Waals surface area contributed by atoms with Crippen LogP contribution in [0.5, 0.6) is 0 Å². The molecule has 0 aliphatic rings. The van der Waals surface area contributed by atoms with Gasteiger partial charge >= 0.3 is 0 Å². The molecule has 0 fully saturated rings. The second-order valence-electron chi connectivity index (χ2n) is 6.18. The molecular weight excluding hydrogens is 222 g/mol. The SMILES string of the molecule is CCCNC(C)CC(C)(C)CCc1nccn1C. The first-order valence-corrected chi connectivity index (χ1v) is 7.14. The molecule has 1 aromatic heterocycles. The van der Waals surface area contributed by atoms with Crippen LogP contribution in [0.2, 0.25) is 0 Å². The zero-order valence-electron chi connectivity index (χ0n) is 12.7. The average Bonchev–Trinajstić information content (AvgIpc) is 2.69. The highest BCUT2D eigenvalue weighted by molar-refractivity contribution is 4.92. The normalized spacial score (nSPS) is 13.8. The summed E-state index contributed by atoms with van der Waals surface area (Å²) in [5.74, 6) is 1.19. The lowest BCUT2D eigenvalue weighted by molar-refractivity contribution is 0.266. The van der Waals surface area contributed by atoms with Crippen molar-refractivity contribution in [1.29, 1.82) is 0 Å². The summed E-state index contributed by atoms with van der Waals surface area (Å²) in [6.07, 6.45) is 8.59. The first kappa shape index (κ1) is 15.2. The van der Waals surface area contributed by atoms with Crippen LogP contribution in [-0.4, -0.2) is 22.1 Å². The summed E-state index contributed by atoms with van der Waals surface area (Å²) in [4.78, 5) is 4.39. The molecule has 0 amide bonds. The van der Waals surface area contributed by atoms with E-state index in [-0.39, 0.29) is 0 Å².